The van der Waals surface area contributed by atoms with Gasteiger partial charge in [0.2, 0.25) is 5.88 Å². The lowest BCUT2D eigenvalue weighted by atomic mass is 10.2. The summed E-state index contributed by atoms with van der Waals surface area (Å²) in [7, 11) is 0. The van der Waals surface area contributed by atoms with Gasteiger partial charge < -0.3 is 10.1 Å². The monoisotopic (exact) mass is 260 g/mol. The molecule has 7 heteroatoms. The zero-order chi connectivity index (χ0) is 13.2. The molecule has 18 heavy (non-hydrogen) atoms. The minimum atomic E-state index is -4.40. The summed E-state index contributed by atoms with van der Waals surface area (Å²) >= 11 is 0. The van der Waals surface area contributed by atoms with Gasteiger partial charge in [-0.15, -0.1) is 0 Å². The number of rotatable bonds is 4. The molecule has 1 fully saturated rings. The Labute approximate surface area is 101 Å². The number of hydrogen-bond acceptors (Lipinski definition) is 3. The van der Waals surface area contributed by atoms with Gasteiger partial charge in [-0.3, -0.25) is 4.79 Å². The van der Waals surface area contributed by atoms with Crippen molar-refractivity contribution in [2.45, 2.75) is 25.1 Å². The number of hydrogen-bond donors (Lipinski definition) is 1. The Morgan fingerprint density at radius 2 is 2.17 bits per heavy atom. The fraction of sp³-hybridized carbons (Fsp3) is 0.455. The molecule has 0 aliphatic heterocycles. The maximum absolute atomic E-state index is 11.9. The van der Waals surface area contributed by atoms with Crippen LogP contribution in [0.1, 0.15) is 23.2 Å². The van der Waals surface area contributed by atoms with Crippen molar-refractivity contribution in [2.24, 2.45) is 0 Å². The van der Waals surface area contributed by atoms with Gasteiger partial charge in [-0.2, -0.15) is 13.2 Å². The molecule has 0 bridgehead atoms. The summed E-state index contributed by atoms with van der Waals surface area (Å²) in [5.74, 6) is -0.428. The van der Waals surface area contributed by atoms with Crippen LogP contribution in [0.3, 0.4) is 0 Å². The second kappa shape index (κ2) is 4.83. The van der Waals surface area contributed by atoms with Crippen LogP contribution < -0.4 is 10.1 Å². The SMILES string of the molecule is O=C(NC1CC1)c1ccc(OCC(F)(F)F)nc1. The maximum Gasteiger partial charge on any atom is 0.422 e. The number of pyridine rings is 1. The van der Waals surface area contributed by atoms with Gasteiger partial charge >= 0.3 is 6.18 Å². The number of nitrogens with zero attached hydrogens (tertiary/aromatic N) is 1. The van der Waals surface area contributed by atoms with Crippen LogP contribution in [-0.2, 0) is 0 Å². The standard InChI is InChI=1S/C11H11F3N2O2/c12-11(13,14)6-18-9-4-1-7(5-15-9)10(17)16-8-2-3-8/h1,4-5,8H,2-3,6H2,(H,16,17). The molecule has 1 aromatic heterocycles. The van der Waals surface area contributed by atoms with Crippen molar-refractivity contribution in [3.63, 3.8) is 0 Å². The highest BCUT2D eigenvalue weighted by Crippen LogP contribution is 2.20. The molecule has 2 rings (SSSR count). The van der Waals surface area contributed by atoms with Crippen LogP contribution in [0.2, 0.25) is 0 Å². The number of alkyl halides is 3. The Balaban J connectivity index is 1.90. The summed E-state index contributed by atoms with van der Waals surface area (Å²) in [6.45, 7) is -1.40. The average molecular weight is 260 g/mol. The van der Waals surface area contributed by atoms with E-state index in [0.29, 0.717) is 5.56 Å². The zero-order valence-corrected chi connectivity index (χ0v) is 9.33. The summed E-state index contributed by atoms with van der Waals surface area (Å²) in [6.07, 6.45) is -1.27. The number of ether oxygens (including phenoxy) is 1. The third kappa shape index (κ3) is 3.90. The Kier molecular flexibility index (Phi) is 3.40. The van der Waals surface area contributed by atoms with Gasteiger partial charge in [-0.05, 0) is 18.9 Å². The van der Waals surface area contributed by atoms with E-state index >= 15 is 0 Å². The number of carbonyl (C=O) groups excluding carboxylic acids is 1. The molecule has 0 spiro atoms. The van der Waals surface area contributed by atoms with Gasteiger partial charge in [0.15, 0.2) is 6.61 Å². The van der Waals surface area contributed by atoms with Crippen LogP contribution >= 0.6 is 0 Å². The third-order valence-electron chi connectivity index (χ3n) is 2.29. The second-order valence-corrected chi connectivity index (χ2v) is 4.04. The molecular formula is C11H11F3N2O2. The van der Waals surface area contributed by atoms with E-state index in [1.165, 1.54) is 18.3 Å². The van der Waals surface area contributed by atoms with E-state index in [4.69, 9.17) is 0 Å². The molecular weight excluding hydrogens is 249 g/mol. The predicted octanol–water partition coefficient (Wildman–Crippen LogP) is 1.91. The minimum Gasteiger partial charge on any atom is -0.468 e. The van der Waals surface area contributed by atoms with Gasteiger partial charge in [0.25, 0.3) is 5.91 Å². The summed E-state index contributed by atoms with van der Waals surface area (Å²) in [4.78, 5) is 15.2. The number of carbonyl (C=O) groups is 1. The van der Waals surface area contributed by atoms with E-state index in [0.717, 1.165) is 12.8 Å². The van der Waals surface area contributed by atoms with E-state index in [9.17, 15) is 18.0 Å². The van der Waals surface area contributed by atoms with E-state index in [-0.39, 0.29) is 17.8 Å². The van der Waals surface area contributed by atoms with Crippen LogP contribution in [0, 0.1) is 0 Å². The highest BCUT2D eigenvalue weighted by molar-refractivity contribution is 5.94. The van der Waals surface area contributed by atoms with Crippen LogP contribution in [0.4, 0.5) is 13.2 Å². The van der Waals surface area contributed by atoms with Crippen LogP contribution in [-0.4, -0.2) is 29.7 Å². The van der Waals surface area contributed by atoms with Crippen molar-refractivity contribution in [3.05, 3.63) is 23.9 Å². The maximum atomic E-state index is 11.9. The lowest BCUT2D eigenvalue weighted by molar-refractivity contribution is -0.154. The first-order valence-corrected chi connectivity index (χ1v) is 5.40. The van der Waals surface area contributed by atoms with Crippen molar-refractivity contribution in [3.8, 4) is 5.88 Å². The van der Waals surface area contributed by atoms with Crippen molar-refractivity contribution < 1.29 is 22.7 Å². The highest BCUT2D eigenvalue weighted by Gasteiger charge is 2.28. The summed E-state index contributed by atoms with van der Waals surface area (Å²) in [5, 5.41) is 2.75. The quantitative estimate of drug-likeness (QED) is 0.899. The van der Waals surface area contributed by atoms with Crippen molar-refractivity contribution in [1.82, 2.24) is 10.3 Å². The van der Waals surface area contributed by atoms with Crippen LogP contribution in [0.15, 0.2) is 18.3 Å². The molecule has 1 amide bonds. The van der Waals surface area contributed by atoms with E-state index < -0.39 is 12.8 Å². The molecule has 98 valence electrons. The van der Waals surface area contributed by atoms with Crippen LogP contribution in [0.5, 0.6) is 5.88 Å². The first kappa shape index (κ1) is 12.7. The van der Waals surface area contributed by atoms with Crippen molar-refractivity contribution >= 4 is 5.91 Å². The first-order chi connectivity index (χ1) is 8.44. The smallest absolute Gasteiger partial charge is 0.422 e. The molecule has 0 saturated heterocycles. The van der Waals surface area contributed by atoms with Gasteiger partial charge in [-0.1, -0.05) is 0 Å². The summed E-state index contributed by atoms with van der Waals surface area (Å²) in [6, 6.07) is 2.85. The lowest BCUT2D eigenvalue weighted by Gasteiger charge is -2.08. The topological polar surface area (TPSA) is 51.2 Å². The molecule has 1 aliphatic rings. The van der Waals surface area contributed by atoms with E-state index in [2.05, 4.69) is 15.0 Å². The van der Waals surface area contributed by atoms with E-state index in [1.54, 1.807) is 0 Å². The molecule has 0 aromatic carbocycles. The largest absolute Gasteiger partial charge is 0.468 e. The molecule has 1 saturated carbocycles. The molecule has 4 nitrogen and oxygen atoms in total. The fourth-order valence-corrected chi connectivity index (χ4v) is 1.25. The van der Waals surface area contributed by atoms with Crippen molar-refractivity contribution in [2.75, 3.05) is 6.61 Å². The second-order valence-electron chi connectivity index (χ2n) is 4.04. The van der Waals surface area contributed by atoms with Crippen molar-refractivity contribution in [1.29, 1.82) is 0 Å². The van der Waals surface area contributed by atoms with Gasteiger partial charge in [0.05, 0.1) is 5.56 Å². The minimum absolute atomic E-state index is 0.157. The van der Waals surface area contributed by atoms with Gasteiger partial charge in [-0.25, -0.2) is 4.98 Å². The molecule has 0 atom stereocenters. The third-order valence-corrected chi connectivity index (χ3v) is 2.29. The van der Waals surface area contributed by atoms with Gasteiger partial charge in [0, 0.05) is 18.3 Å². The molecule has 1 aromatic rings. The number of nitrogens with one attached hydrogen (secondary N) is 1. The normalized spacial score (nSPS) is 15.3. The molecule has 0 radical (unpaired) electrons. The predicted molar refractivity (Wildman–Crippen MR) is 56.3 cm³/mol. The summed E-state index contributed by atoms with van der Waals surface area (Å²) < 4.78 is 40.1. The van der Waals surface area contributed by atoms with Crippen LogP contribution in [0.25, 0.3) is 0 Å². The Morgan fingerprint density at radius 1 is 1.44 bits per heavy atom. The number of aromatic nitrogens is 1. The summed E-state index contributed by atoms with van der Waals surface area (Å²) in [5.41, 5.74) is 0.307. The molecule has 1 aliphatic carbocycles. The number of halogens is 3. The Hall–Kier alpha value is -1.79. The Morgan fingerprint density at radius 3 is 2.67 bits per heavy atom. The zero-order valence-electron chi connectivity index (χ0n) is 9.33. The average Bonchev–Trinajstić information content (AvgIpc) is 3.10. The van der Waals surface area contributed by atoms with E-state index in [1.807, 2.05) is 0 Å². The number of amides is 1. The van der Waals surface area contributed by atoms with Gasteiger partial charge in [0.1, 0.15) is 0 Å². The first-order valence-electron chi connectivity index (χ1n) is 5.40. The lowest BCUT2D eigenvalue weighted by Crippen LogP contribution is -2.25. The highest BCUT2D eigenvalue weighted by atomic mass is 19.4. The Bertz CT molecular complexity index is 427. The molecule has 1 heterocycles. The fourth-order valence-electron chi connectivity index (χ4n) is 1.25. The molecule has 0 unspecified atom stereocenters. The molecule has 1 N–H and O–H groups in total.